The van der Waals surface area contributed by atoms with Crippen LogP contribution in [-0.2, 0) is 0 Å². The summed E-state index contributed by atoms with van der Waals surface area (Å²) >= 11 is 1.23. The lowest BCUT2D eigenvalue weighted by Gasteiger charge is -2.25. The fourth-order valence-electron chi connectivity index (χ4n) is 2.03. The minimum Gasteiger partial charge on any atom is -0.508 e. The molecular weight excluding hydrogens is 286 g/mol. The van der Waals surface area contributed by atoms with Gasteiger partial charge in [0, 0.05) is 0 Å². The SMILES string of the molecule is Oc1cccc([C@@H]2COc3c(cc(F)c(O)c3F)S2)c1. The maximum absolute atomic E-state index is 13.7. The molecule has 0 aliphatic carbocycles. The Balaban J connectivity index is 1.96. The molecule has 0 amide bonds. The van der Waals surface area contributed by atoms with Crippen LogP contribution >= 0.6 is 11.8 Å². The van der Waals surface area contributed by atoms with Gasteiger partial charge in [-0.15, -0.1) is 11.8 Å². The molecule has 0 radical (unpaired) electrons. The van der Waals surface area contributed by atoms with Crippen molar-refractivity contribution in [2.24, 2.45) is 0 Å². The van der Waals surface area contributed by atoms with E-state index in [1.165, 1.54) is 11.8 Å². The maximum Gasteiger partial charge on any atom is 0.210 e. The summed E-state index contributed by atoms with van der Waals surface area (Å²) in [5, 5.41) is 18.5. The Labute approximate surface area is 117 Å². The van der Waals surface area contributed by atoms with Crippen LogP contribution in [-0.4, -0.2) is 16.8 Å². The third-order valence-corrected chi connectivity index (χ3v) is 4.26. The summed E-state index contributed by atoms with van der Waals surface area (Å²) in [7, 11) is 0. The average molecular weight is 296 g/mol. The number of hydrogen-bond donors (Lipinski definition) is 2. The third kappa shape index (κ3) is 2.16. The van der Waals surface area contributed by atoms with Crippen LogP contribution in [0.25, 0.3) is 0 Å². The van der Waals surface area contributed by atoms with Gasteiger partial charge in [0.1, 0.15) is 12.4 Å². The van der Waals surface area contributed by atoms with Crippen LogP contribution in [0.3, 0.4) is 0 Å². The molecule has 1 atom stereocenters. The first kappa shape index (κ1) is 13.1. The van der Waals surface area contributed by atoms with Gasteiger partial charge >= 0.3 is 0 Å². The number of thioether (sulfide) groups is 1. The predicted molar refractivity (Wildman–Crippen MR) is 70.2 cm³/mol. The molecule has 1 aliphatic heterocycles. The number of fused-ring (bicyclic) bond motifs is 1. The van der Waals surface area contributed by atoms with Crippen LogP contribution in [0.5, 0.6) is 17.2 Å². The Bertz CT molecular complexity index is 676. The Morgan fingerprint density at radius 3 is 2.75 bits per heavy atom. The average Bonchev–Trinajstić information content (AvgIpc) is 2.44. The van der Waals surface area contributed by atoms with Crippen molar-refractivity contribution in [1.82, 2.24) is 0 Å². The van der Waals surface area contributed by atoms with Crippen molar-refractivity contribution in [3.8, 4) is 17.2 Å². The van der Waals surface area contributed by atoms with Crippen molar-refractivity contribution in [2.75, 3.05) is 6.61 Å². The minimum absolute atomic E-state index is 0.122. The summed E-state index contributed by atoms with van der Waals surface area (Å²) in [6, 6.07) is 7.67. The number of rotatable bonds is 1. The van der Waals surface area contributed by atoms with E-state index in [1.807, 2.05) is 0 Å². The normalized spacial score (nSPS) is 17.4. The Morgan fingerprint density at radius 1 is 1.20 bits per heavy atom. The van der Waals surface area contributed by atoms with Crippen molar-refractivity contribution in [3.63, 3.8) is 0 Å². The standard InChI is InChI=1S/C14H10F2O3S/c15-9-5-10-14(12(16)13(9)18)19-6-11(20-10)7-2-1-3-8(17)4-7/h1-5,11,17-18H,6H2/t11-/m0/s1. The van der Waals surface area contributed by atoms with Crippen LogP contribution in [0.15, 0.2) is 35.2 Å². The molecular formula is C14H10F2O3S. The van der Waals surface area contributed by atoms with E-state index in [9.17, 15) is 19.0 Å². The molecule has 0 saturated carbocycles. The lowest BCUT2D eigenvalue weighted by atomic mass is 10.1. The number of halogens is 2. The van der Waals surface area contributed by atoms with Gasteiger partial charge in [-0.05, 0) is 23.8 Å². The Kier molecular flexibility index (Phi) is 3.17. The van der Waals surface area contributed by atoms with Crippen molar-refractivity contribution in [2.45, 2.75) is 10.1 Å². The van der Waals surface area contributed by atoms with E-state index >= 15 is 0 Å². The van der Waals surface area contributed by atoms with Gasteiger partial charge < -0.3 is 14.9 Å². The molecule has 0 aromatic heterocycles. The largest absolute Gasteiger partial charge is 0.508 e. The molecule has 2 aromatic rings. The highest BCUT2D eigenvalue weighted by Gasteiger charge is 2.28. The molecule has 20 heavy (non-hydrogen) atoms. The third-order valence-electron chi connectivity index (χ3n) is 3.01. The molecule has 0 bridgehead atoms. The molecule has 3 nitrogen and oxygen atoms in total. The Morgan fingerprint density at radius 2 is 2.00 bits per heavy atom. The van der Waals surface area contributed by atoms with Gasteiger partial charge in [0.05, 0.1) is 10.1 Å². The van der Waals surface area contributed by atoms with Crippen LogP contribution in [0.1, 0.15) is 10.8 Å². The zero-order chi connectivity index (χ0) is 14.3. The molecule has 104 valence electrons. The molecule has 0 spiro atoms. The van der Waals surface area contributed by atoms with Gasteiger partial charge in [0.15, 0.2) is 17.3 Å². The second-order valence-corrected chi connectivity index (χ2v) is 5.61. The molecule has 0 saturated heterocycles. The van der Waals surface area contributed by atoms with Gasteiger partial charge in [-0.2, -0.15) is 4.39 Å². The van der Waals surface area contributed by atoms with Crippen molar-refractivity contribution in [3.05, 3.63) is 47.5 Å². The summed E-state index contributed by atoms with van der Waals surface area (Å²) < 4.78 is 32.3. The van der Waals surface area contributed by atoms with Crippen LogP contribution < -0.4 is 4.74 Å². The first-order chi connectivity index (χ1) is 9.56. The minimum atomic E-state index is -1.08. The highest BCUT2D eigenvalue weighted by molar-refractivity contribution is 7.99. The molecule has 0 fully saturated rings. The van der Waals surface area contributed by atoms with E-state index in [0.29, 0.717) is 0 Å². The van der Waals surface area contributed by atoms with Gasteiger partial charge in [-0.25, -0.2) is 4.39 Å². The van der Waals surface area contributed by atoms with E-state index in [0.717, 1.165) is 11.6 Å². The summed E-state index contributed by atoms with van der Waals surface area (Å²) in [4.78, 5) is 0.289. The smallest absolute Gasteiger partial charge is 0.210 e. The zero-order valence-electron chi connectivity index (χ0n) is 10.1. The first-order valence-electron chi connectivity index (χ1n) is 5.85. The van der Waals surface area contributed by atoms with Crippen LogP contribution in [0, 0.1) is 11.6 Å². The lowest BCUT2D eigenvalue weighted by molar-refractivity contribution is 0.276. The number of phenolic OH excluding ortho intramolecular Hbond substituents is 2. The Hall–Kier alpha value is -1.95. The number of ether oxygens (including phenoxy) is 1. The van der Waals surface area contributed by atoms with Crippen molar-refractivity contribution >= 4 is 11.8 Å². The van der Waals surface area contributed by atoms with Gasteiger partial charge in [0.2, 0.25) is 5.82 Å². The fraction of sp³-hybridized carbons (Fsp3) is 0.143. The lowest BCUT2D eigenvalue weighted by Crippen LogP contribution is -2.14. The quantitative estimate of drug-likeness (QED) is 0.844. The van der Waals surface area contributed by atoms with E-state index < -0.39 is 17.4 Å². The monoisotopic (exact) mass is 296 g/mol. The molecule has 0 unspecified atom stereocenters. The number of hydrogen-bond acceptors (Lipinski definition) is 4. The number of aromatic hydroxyl groups is 2. The van der Waals surface area contributed by atoms with Crippen LogP contribution in [0.4, 0.5) is 8.78 Å². The summed E-state index contributed by atoms with van der Waals surface area (Å²) in [6.45, 7) is 0.170. The van der Waals surface area contributed by atoms with E-state index in [1.54, 1.807) is 24.3 Å². The predicted octanol–water partition coefficient (Wildman–Crippen LogP) is 3.60. The molecule has 1 heterocycles. The molecule has 3 rings (SSSR count). The van der Waals surface area contributed by atoms with Gasteiger partial charge in [-0.3, -0.25) is 0 Å². The molecule has 2 N–H and O–H groups in total. The second kappa shape index (κ2) is 4.86. The van der Waals surface area contributed by atoms with Crippen molar-refractivity contribution < 1.29 is 23.7 Å². The topological polar surface area (TPSA) is 49.7 Å². The molecule has 6 heteroatoms. The fourth-order valence-corrected chi connectivity index (χ4v) is 3.18. The van der Waals surface area contributed by atoms with E-state index in [2.05, 4.69) is 0 Å². The maximum atomic E-state index is 13.7. The van der Waals surface area contributed by atoms with Gasteiger partial charge in [0.25, 0.3) is 0 Å². The molecule has 2 aromatic carbocycles. The van der Waals surface area contributed by atoms with Crippen molar-refractivity contribution in [1.29, 1.82) is 0 Å². The first-order valence-corrected chi connectivity index (χ1v) is 6.73. The number of phenols is 2. The molecule has 1 aliphatic rings. The summed E-state index contributed by atoms with van der Waals surface area (Å²) in [6.07, 6.45) is 0. The number of benzene rings is 2. The van der Waals surface area contributed by atoms with Crippen LogP contribution in [0.2, 0.25) is 0 Å². The van der Waals surface area contributed by atoms with Gasteiger partial charge in [-0.1, -0.05) is 12.1 Å². The highest BCUT2D eigenvalue weighted by atomic mass is 32.2. The highest BCUT2D eigenvalue weighted by Crippen LogP contribution is 2.48. The van der Waals surface area contributed by atoms with E-state index in [4.69, 9.17) is 4.74 Å². The zero-order valence-corrected chi connectivity index (χ0v) is 11.0. The summed E-state index contributed by atoms with van der Waals surface area (Å²) in [5.41, 5.74) is 0.801. The van der Waals surface area contributed by atoms with E-state index in [-0.39, 0.29) is 28.3 Å². The second-order valence-electron chi connectivity index (χ2n) is 4.36. The summed E-state index contributed by atoms with van der Waals surface area (Å²) in [5.74, 6) is -3.14.